The van der Waals surface area contributed by atoms with Crippen molar-refractivity contribution in [3.8, 4) is 0 Å². The highest BCUT2D eigenvalue weighted by Crippen LogP contribution is 2.08. The van der Waals surface area contributed by atoms with Crippen molar-refractivity contribution in [2.45, 2.75) is 39.5 Å². The van der Waals surface area contributed by atoms with Crippen molar-refractivity contribution in [2.75, 3.05) is 13.1 Å². The van der Waals surface area contributed by atoms with Crippen LogP contribution in [0, 0.1) is 0 Å². The van der Waals surface area contributed by atoms with Gasteiger partial charge in [0.1, 0.15) is 0 Å². The van der Waals surface area contributed by atoms with Crippen LogP contribution < -0.4 is 5.73 Å². The van der Waals surface area contributed by atoms with Crippen LogP contribution in [0.25, 0.3) is 0 Å². The van der Waals surface area contributed by atoms with Gasteiger partial charge in [0.25, 0.3) is 11.8 Å². The van der Waals surface area contributed by atoms with E-state index in [-0.39, 0.29) is 11.8 Å². The Morgan fingerprint density at radius 2 is 1.39 bits per heavy atom. The molecule has 0 aliphatic carbocycles. The fraction of sp³-hybridized carbons (Fsp3) is 0.571. The first-order chi connectivity index (χ1) is 8.41. The molecule has 0 fully saturated rings. The van der Waals surface area contributed by atoms with E-state index >= 15 is 0 Å². The first-order valence-electron chi connectivity index (χ1n) is 6.29. The lowest BCUT2D eigenvalue weighted by atomic mass is 10.1. The molecule has 0 aliphatic heterocycles. The van der Waals surface area contributed by atoms with Crippen molar-refractivity contribution in [1.82, 2.24) is 4.90 Å². The summed E-state index contributed by atoms with van der Waals surface area (Å²) in [5.74, 6) is -0.636. The molecule has 0 radical (unpaired) electrons. The molecule has 0 saturated carbocycles. The van der Waals surface area contributed by atoms with Crippen LogP contribution in [0.1, 0.15) is 39.5 Å². The molecule has 0 heterocycles. The highest BCUT2D eigenvalue weighted by Gasteiger charge is 2.21. The minimum atomic E-state index is -0.318. The van der Waals surface area contributed by atoms with Crippen molar-refractivity contribution < 1.29 is 9.59 Å². The molecular weight excluding hydrogens is 228 g/mol. The maximum absolute atomic E-state index is 11.9. The summed E-state index contributed by atoms with van der Waals surface area (Å²) in [5.41, 5.74) is 6.14. The third-order valence-corrected chi connectivity index (χ3v) is 2.56. The monoisotopic (exact) mass is 252 g/mol. The van der Waals surface area contributed by atoms with Gasteiger partial charge in [-0.1, -0.05) is 26.0 Å². The smallest absolute Gasteiger partial charge is 0.255 e. The number of nitrogens with zero attached hydrogens (tertiary/aromatic N) is 1. The molecule has 4 heteroatoms. The molecule has 0 aromatic heterocycles. The Morgan fingerprint density at radius 3 is 1.78 bits per heavy atom. The molecule has 0 saturated heterocycles. The van der Waals surface area contributed by atoms with Crippen molar-refractivity contribution in [3.05, 3.63) is 24.3 Å². The number of hydrogen-bond donors (Lipinski definition) is 1. The summed E-state index contributed by atoms with van der Waals surface area (Å²) in [6, 6.07) is 0. The second kappa shape index (κ2) is 8.64. The van der Waals surface area contributed by atoms with Crippen LogP contribution in [0.3, 0.4) is 0 Å². The fourth-order valence-electron chi connectivity index (χ4n) is 1.52. The topological polar surface area (TPSA) is 63.4 Å². The molecule has 18 heavy (non-hydrogen) atoms. The summed E-state index contributed by atoms with van der Waals surface area (Å²) < 4.78 is 0. The first-order valence-corrected chi connectivity index (χ1v) is 6.29. The molecule has 0 atom stereocenters. The third kappa shape index (κ3) is 5.77. The Balaban J connectivity index is 4.40. The van der Waals surface area contributed by atoms with E-state index in [4.69, 9.17) is 5.73 Å². The lowest BCUT2D eigenvalue weighted by Gasteiger charge is -2.21. The van der Waals surface area contributed by atoms with Crippen molar-refractivity contribution in [1.29, 1.82) is 0 Å². The van der Waals surface area contributed by atoms with Crippen LogP contribution in [0.5, 0.6) is 0 Å². The van der Waals surface area contributed by atoms with E-state index in [9.17, 15) is 9.59 Å². The van der Waals surface area contributed by atoms with E-state index in [1.54, 1.807) is 13.8 Å². The normalized spacial score (nSPS) is 9.94. The molecule has 2 N–H and O–H groups in total. The molecule has 0 aliphatic rings. The van der Waals surface area contributed by atoms with E-state index in [0.29, 0.717) is 24.2 Å². The minimum absolute atomic E-state index is 0.318. The van der Waals surface area contributed by atoms with Gasteiger partial charge in [0, 0.05) is 17.7 Å². The summed E-state index contributed by atoms with van der Waals surface area (Å²) in [6.07, 6.45) is 3.74. The molecule has 102 valence electrons. The summed E-state index contributed by atoms with van der Waals surface area (Å²) in [5, 5.41) is 0. The average molecular weight is 252 g/mol. The summed E-state index contributed by atoms with van der Waals surface area (Å²) in [6.45, 7) is 11.5. The number of carbonyl (C=O) groups excluding carboxylic acids is 2. The molecule has 0 spiro atoms. The van der Waals surface area contributed by atoms with Gasteiger partial charge in [0.2, 0.25) is 0 Å². The summed E-state index contributed by atoms with van der Waals surface area (Å²) in [4.78, 5) is 24.9. The Kier molecular flexibility index (Phi) is 7.96. The summed E-state index contributed by atoms with van der Waals surface area (Å²) >= 11 is 0. The standard InChI is InChI=1S/C14H24N2O2/c1-11(2)13(17)16(14(18)12(3)4)10-8-6-5-7-9-15/h1,3,5-10,15H2,2,4H3. The maximum Gasteiger partial charge on any atom is 0.255 e. The molecule has 4 nitrogen and oxygen atoms in total. The minimum Gasteiger partial charge on any atom is -0.330 e. The molecule has 2 amide bonds. The van der Waals surface area contributed by atoms with Crippen LogP contribution >= 0.6 is 0 Å². The highest BCUT2D eigenvalue weighted by molar-refractivity contribution is 6.08. The molecule has 0 aromatic carbocycles. The van der Waals surface area contributed by atoms with Gasteiger partial charge in [-0.05, 0) is 33.2 Å². The largest absolute Gasteiger partial charge is 0.330 e. The highest BCUT2D eigenvalue weighted by atomic mass is 16.2. The van der Waals surface area contributed by atoms with Gasteiger partial charge >= 0.3 is 0 Å². The fourth-order valence-corrected chi connectivity index (χ4v) is 1.52. The molecule has 0 aromatic rings. The Bertz CT molecular complexity index is 309. The van der Waals surface area contributed by atoms with Crippen LogP contribution in [-0.4, -0.2) is 29.8 Å². The molecule has 0 rings (SSSR count). The van der Waals surface area contributed by atoms with Gasteiger partial charge < -0.3 is 5.73 Å². The van der Waals surface area contributed by atoms with E-state index in [1.165, 1.54) is 4.90 Å². The maximum atomic E-state index is 11.9. The Hall–Kier alpha value is -1.42. The number of nitrogens with two attached hydrogens (primary N) is 1. The zero-order chi connectivity index (χ0) is 14.1. The van der Waals surface area contributed by atoms with Gasteiger partial charge in [-0.15, -0.1) is 0 Å². The number of unbranched alkanes of at least 4 members (excludes halogenated alkanes) is 3. The number of rotatable bonds is 8. The quantitative estimate of drug-likeness (QED) is 0.531. The van der Waals surface area contributed by atoms with Gasteiger partial charge in [-0.25, -0.2) is 0 Å². The van der Waals surface area contributed by atoms with Crippen LogP contribution in [0.15, 0.2) is 24.3 Å². The van der Waals surface area contributed by atoms with Crippen LogP contribution in [0.2, 0.25) is 0 Å². The first kappa shape index (κ1) is 16.6. The zero-order valence-electron chi connectivity index (χ0n) is 11.5. The van der Waals surface area contributed by atoms with Crippen LogP contribution in [0.4, 0.5) is 0 Å². The van der Waals surface area contributed by atoms with Gasteiger partial charge in [0.15, 0.2) is 0 Å². The predicted molar refractivity (Wildman–Crippen MR) is 73.9 cm³/mol. The average Bonchev–Trinajstić information content (AvgIpc) is 2.32. The SMILES string of the molecule is C=C(C)C(=O)N(CCCCCCN)C(=O)C(=C)C. The molecule has 0 unspecified atom stereocenters. The molecular formula is C14H24N2O2. The van der Waals surface area contributed by atoms with E-state index in [2.05, 4.69) is 13.2 Å². The lowest BCUT2D eigenvalue weighted by molar-refractivity contribution is -0.140. The van der Waals surface area contributed by atoms with Gasteiger partial charge in [-0.2, -0.15) is 0 Å². The van der Waals surface area contributed by atoms with Crippen molar-refractivity contribution in [3.63, 3.8) is 0 Å². The second-order valence-electron chi connectivity index (χ2n) is 4.53. The number of amides is 2. The van der Waals surface area contributed by atoms with E-state index < -0.39 is 0 Å². The number of hydrogen-bond acceptors (Lipinski definition) is 3. The zero-order valence-corrected chi connectivity index (χ0v) is 11.5. The number of carbonyl (C=O) groups is 2. The Morgan fingerprint density at radius 1 is 0.944 bits per heavy atom. The third-order valence-electron chi connectivity index (χ3n) is 2.56. The van der Waals surface area contributed by atoms with E-state index in [0.717, 1.165) is 25.7 Å². The van der Waals surface area contributed by atoms with Crippen LogP contribution in [-0.2, 0) is 9.59 Å². The van der Waals surface area contributed by atoms with Crippen molar-refractivity contribution in [2.24, 2.45) is 5.73 Å². The predicted octanol–water partition coefficient (Wildman–Crippen LogP) is 2.01. The van der Waals surface area contributed by atoms with Gasteiger partial charge in [0.05, 0.1) is 0 Å². The Labute approximate surface area is 110 Å². The summed E-state index contributed by atoms with van der Waals surface area (Å²) in [7, 11) is 0. The lowest BCUT2D eigenvalue weighted by Crippen LogP contribution is -2.38. The van der Waals surface area contributed by atoms with E-state index in [1.807, 2.05) is 0 Å². The molecule has 0 bridgehead atoms. The van der Waals surface area contributed by atoms with Crippen molar-refractivity contribution >= 4 is 11.8 Å². The number of imide groups is 1. The van der Waals surface area contributed by atoms with Gasteiger partial charge in [-0.3, -0.25) is 14.5 Å². The second-order valence-corrected chi connectivity index (χ2v) is 4.53.